The van der Waals surface area contributed by atoms with Gasteiger partial charge in [0.15, 0.2) is 5.82 Å². The fourth-order valence-corrected chi connectivity index (χ4v) is 2.73. The van der Waals surface area contributed by atoms with Gasteiger partial charge in [-0.05, 0) is 44.8 Å². The minimum absolute atomic E-state index is 0.000319. The number of aromatic nitrogens is 2. The van der Waals surface area contributed by atoms with E-state index < -0.39 is 0 Å². The van der Waals surface area contributed by atoms with Crippen LogP contribution in [0.25, 0.3) is 0 Å². The van der Waals surface area contributed by atoms with Gasteiger partial charge in [0.2, 0.25) is 0 Å². The highest BCUT2D eigenvalue weighted by Crippen LogP contribution is 2.16. The average Bonchev–Trinajstić information content (AvgIpc) is 2.49. The van der Waals surface area contributed by atoms with Crippen molar-refractivity contribution in [3.8, 4) is 0 Å². The van der Waals surface area contributed by atoms with E-state index in [-0.39, 0.29) is 5.56 Å². The van der Waals surface area contributed by atoms with Gasteiger partial charge in [-0.15, -0.1) is 0 Å². The lowest BCUT2D eigenvalue weighted by Crippen LogP contribution is -2.36. The van der Waals surface area contributed by atoms with E-state index in [4.69, 9.17) is 0 Å². The van der Waals surface area contributed by atoms with Crippen molar-refractivity contribution in [3.63, 3.8) is 0 Å². The molecule has 1 saturated heterocycles. The lowest BCUT2D eigenvalue weighted by molar-refractivity contribution is 0.198. The van der Waals surface area contributed by atoms with Crippen LogP contribution < -0.4 is 10.9 Å². The summed E-state index contributed by atoms with van der Waals surface area (Å²) in [5.41, 5.74) is 0.000319. The number of nitrogens with one attached hydrogen (secondary N) is 1. The molecule has 1 fully saturated rings. The van der Waals surface area contributed by atoms with Crippen LogP contribution in [0.1, 0.15) is 33.1 Å². The van der Waals surface area contributed by atoms with Crippen molar-refractivity contribution in [2.45, 2.75) is 39.7 Å². The monoisotopic (exact) mass is 278 g/mol. The van der Waals surface area contributed by atoms with Gasteiger partial charge < -0.3 is 14.8 Å². The summed E-state index contributed by atoms with van der Waals surface area (Å²) in [7, 11) is 0. The van der Waals surface area contributed by atoms with Gasteiger partial charge in [0, 0.05) is 25.5 Å². The third-order valence-corrected chi connectivity index (χ3v) is 4.09. The predicted molar refractivity (Wildman–Crippen MR) is 82.1 cm³/mol. The van der Waals surface area contributed by atoms with E-state index in [0.29, 0.717) is 11.7 Å². The highest BCUT2D eigenvalue weighted by atomic mass is 16.1. The number of aryl methyl sites for hydroxylation is 1. The molecule has 1 aromatic heterocycles. The molecule has 0 unspecified atom stereocenters. The van der Waals surface area contributed by atoms with Gasteiger partial charge in [-0.2, -0.15) is 0 Å². The molecule has 2 heterocycles. The maximum Gasteiger partial charge on any atom is 0.293 e. The predicted octanol–water partition coefficient (Wildman–Crippen LogP) is 1.80. The number of rotatable bonds is 6. The Balaban J connectivity index is 1.88. The van der Waals surface area contributed by atoms with Crippen LogP contribution in [0, 0.1) is 5.92 Å². The van der Waals surface area contributed by atoms with Crippen LogP contribution >= 0.6 is 0 Å². The molecular formula is C15H26N4O. The Bertz CT molecular complexity index is 463. The van der Waals surface area contributed by atoms with Gasteiger partial charge in [0.05, 0.1) is 0 Å². The first kappa shape index (κ1) is 15.0. The fraction of sp³-hybridized carbons (Fsp3) is 0.733. The summed E-state index contributed by atoms with van der Waals surface area (Å²) in [6.07, 6.45) is 6.84. The second kappa shape index (κ2) is 7.43. The molecule has 0 amide bonds. The molecule has 112 valence electrons. The Morgan fingerprint density at radius 1 is 1.35 bits per heavy atom. The van der Waals surface area contributed by atoms with E-state index in [1.54, 1.807) is 17.0 Å². The van der Waals surface area contributed by atoms with Gasteiger partial charge in [0.1, 0.15) is 0 Å². The highest BCUT2D eigenvalue weighted by molar-refractivity contribution is 5.30. The first-order chi connectivity index (χ1) is 9.74. The standard InChI is InChI=1S/C15H26N4O/c1-3-8-19-11-7-16-14(15(19)20)17-12-13-5-9-18(4-2)10-6-13/h7,11,13H,3-6,8-10,12H2,1-2H3,(H,16,17). The third-order valence-electron chi connectivity index (χ3n) is 4.09. The second-order valence-corrected chi connectivity index (χ2v) is 5.53. The molecule has 0 saturated carbocycles. The SMILES string of the molecule is CCCn1ccnc(NCC2CCN(CC)CC2)c1=O. The summed E-state index contributed by atoms with van der Waals surface area (Å²) in [5, 5.41) is 3.25. The zero-order valence-electron chi connectivity index (χ0n) is 12.6. The molecule has 1 aliphatic rings. The Labute approximate surface area is 121 Å². The first-order valence-electron chi connectivity index (χ1n) is 7.76. The maximum absolute atomic E-state index is 12.2. The fourth-order valence-electron chi connectivity index (χ4n) is 2.73. The van der Waals surface area contributed by atoms with Gasteiger partial charge in [0.25, 0.3) is 5.56 Å². The van der Waals surface area contributed by atoms with Crippen molar-refractivity contribution in [3.05, 3.63) is 22.7 Å². The van der Waals surface area contributed by atoms with E-state index in [1.165, 1.54) is 25.9 Å². The van der Waals surface area contributed by atoms with Crippen LogP contribution in [0.15, 0.2) is 17.2 Å². The summed E-state index contributed by atoms with van der Waals surface area (Å²) in [6.45, 7) is 9.38. The van der Waals surface area contributed by atoms with Crippen molar-refractivity contribution in [2.75, 3.05) is 31.5 Å². The topological polar surface area (TPSA) is 50.2 Å². The van der Waals surface area contributed by atoms with Crippen LogP contribution in [-0.2, 0) is 6.54 Å². The molecule has 0 atom stereocenters. The largest absolute Gasteiger partial charge is 0.365 e. The van der Waals surface area contributed by atoms with Gasteiger partial charge in [-0.1, -0.05) is 13.8 Å². The van der Waals surface area contributed by atoms with Crippen molar-refractivity contribution in [1.29, 1.82) is 0 Å². The van der Waals surface area contributed by atoms with Gasteiger partial charge in [-0.3, -0.25) is 4.79 Å². The Hall–Kier alpha value is -1.36. The van der Waals surface area contributed by atoms with Crippen molar-refractivity contribution >= 4 is 5.82 Å². The molecule has 0 aromatic carbocycles. The molecule has 0 radical (unpaired) electrons. The molecule has 0 aliphatic carbocycles. The van der Waals surface area contributed by atoms with E-state index in [2.05, 4.69) is 29.0 Å². The zero-order valence-corrected chi connectivity index (χ0v) is 12.6. The second-order valence-electron chi connectivity index (χ2n) is 5.53. The normalized spacial score (nSPS) is 17.3. The third kappa shape index (κ3) is 3.82. The molecule has 1 aromatic rings. The minimum atomic E-state index is 0.000319. The summed E-state index contributed by atoms with van der Waals surface area (Å²) in [4.78, 5) is 18.8. The zero-order chi connectivity index (χ0) is 14.4. The number of anilines is 1. The number of likely N-dealkylation sites (tertiary alicyclic amines) is 1. The van der Waals surface area contributed by atoms with Crippen LogP contribution in [0.3, 0.4) is 0 Å². The molecule has 0 spiro atoms. The van der Waals surface area contributed by atoms with Crippen molar-refractivity contribution in [1.82, 2.24) is 14.5 Å². The molecule has 5 nitrogen and oxygen atoms in total. The minimum Gasteiger partial charge on any atom is -0.365 e. The number of hydrogen-bond acceptors (Lipinski definition) is 4. The Morgan fingerprint density at radius 3 is 2.75 bits per heavy atom. The first-order valence-corrected chi connectivity index (χ1v) is 7.76. The number of nitrogens with zero attached hydrogens (tertiary/aromatic N) is 3. The van der Waals surface area contributed by atoms with E-state index >= 15 is 0 Å². The summed E-state index contributed by atoms with van der Waals surface area (Å²) in [5.74, 6) is 1.15. The van der Waals surface area contributed by atoms with Crippen molar-refractivity contribution in [2.24, 2.45) is 5.92 Å². The molecule has 0 bridgehead atoms. The smallest absolute Gasteiger partial charge is 0.293 e. The van der Waals surface area contributed by atoms with E-state index in [1.807, 2.05) is 0 Å². The van der Waals surface area contributed by atoms with Gasteiger partial charge in [-0.25, -0.2) is 4.98 Å². The van der Waals surface area contributed by atoms with Crippen LogP contribution in [0.5, 0.6) is 0 Å². The Kier molecular flexibility index (Phi) is 5.59. The van der Waals surface area contributed by atoms with Gasteiger partial charge >= 0.3 is 0 Å². The lowest BCUT2D eigenvalue weighted by Gasteiger charge is -2.31. The summed E-state index contributed by atoms with van der Waals surface area (Å²) >= 11 is 0. The quantitative estimate of drug-likeness (QED) is 0.862. The summed E-state index contributed by atoms with van der Waals surface area (Å²) in [6, 6.07) is 0. The molecule has 1 N–H and O–H groups in total. The summed E-state index contributed by atoms with van der Waals surface area (Å²) < 4.78 is 1.73. The molecular weight excluding hydrogens is 252 g/mol. The van der Waals surface area contributed by atoms with Crippen LogP contribution in [-0.4, -0.2) is 40.6 Å². The molecule has 2 rings (SSSR count). The Morgan fingerprint density at radius 2 is 2.10 bits per heavy atom. The maximum atomic E-state index is 12.2. The van der Waals surface area contributed by atoms with Crippen molar-refractivity contribution < 1.29 is 0 Å². The van der Waals surface area contributed by atoms with E-state index in [9.17, 15) is 4.79 Å². The van der Waals surface area contributed by atoms with E-state index in [0.717, 1.165) is 26.1 Å². The molecule has 1 aliphatic heterocycles. The van der Waals surface area contributed by atoms with Crippen LogP contribution in [0.2, 0.25) is 0 Å². The van der Waals surface area contributed by atoms with Crippen LogP contribution in [0.4, 0.5) is 5.82 Å². The molecule has 20 heavy (non-hydrogen) atoms. The molecule has 5 heteroatoms. The number of piperidine rings is 1. The average molecular weight is 278 g/mol. The highest BCUT2D eigenvalue weighted by Gasteiger charge is 2.18. The number of hydrogen-bond donors (Lipinski definition) is 1. The lowest BCUT2D eigenvalue weighted by atomic mass is 9.97.